The highest BCUT2D eigenvalue weighted by atomic mass is 16.5. The molecule has 0 atom stereocenters. The molecule has 90 valence electrons. The second-order valence-electron chi connectivity index (χ2n) is 4.48. The SMILES string of the molecule is COCNCC(C)(C)c1cccc(OC)c1. The molecular formula is C13H21NO2. The van der Waals surface area contributed by atoms with Crippen molar-refractivity contribution >= 4 is 0 Å². The van der Waals surface area contributed by atoms with E-state index in [9.17, 15) is 0 Å². The zero-order valence-electron chi connectivity index (χ0n) is 10.5. The Bertz CT molecular complexity index is 323. The van der Waals surface area contributed by atoms with Crippen molar-refractivity contribution in [2.75, 3.05) is 27.5 Å². The molecular weight excluding hydrogens is 202 g/mol. The van der Waals surface area contributed by atoms with Gasteiger partial charge in [0.25, 0.3) is 0 Å². The second-order valence-corrected chi connectivity index (χ2v) is 4.48. The number of rotatable bonds is 6. The van der Waals surface area contributed by atoms with Crippen LogP contribution in [0.3, 0.4) is 0 Å². The van der Waals surface area contributed by atoms with Gasteiger partial charge in [0.15, 0.2) is 0 Å². The van der Waals surface area contributed by atoms with Crippen LogP contribution in [0.2, 0.25) is 0 Å². The minimum absolute atomic E-state index is 0.0626. The van der Waals surface area contributed by atoms with E-state index in [0.29, 0.717) is 6.73 Å². The van der Waals surface area contributed by atoms with E-state index in [1.165, 1.54) is 5.56 Å². The van der Waals surface area contributed by atoms with E-state index in [2.05, 4.69) is 31.3 Å². The lowest BCUT2D eigenvalue weighted by Gasteiger charge is -2.26. The molecule has 0 saturated heterocycles. The van der Waals surface area contributed by atoms with Crippen LogP contribution in [-0.4, -0.2) is 27.5 Å². The molecule has 0 amide bonds. The Balaban J connectivity index is 2.72. The van der Waals surface area contributed by atoms with Crippen molar-refractivity contribution in [3.63, 3.8) is 0 Å². The van der Waals surface area contributed by atoms with Crippen molar-refractivity contribution < 1.29 is 9.47 Å². The molecule has 0 radical (unpaired) electrons. The molecule has 0 aromatic heterocycles. The molecule has 0 aliphatic heterocycles. The first-order chi connectivity index (χ1) is 7.60. The maximum Gasteiger partial charge on any atom is 0.119 e. The highest BCUT2D eigenvalue weighted by Gasteiger charge is 2.20. The van der Waals surface area contributed by atoms with E-state index >= 15 is 0 Å². The third-order valence-electron chi connectivity index (χ3n) is 2.66. The summed E-state index contributed by atoms with van der Waals surface area (Å²) in [6.07, 6.45) is 0. The number of nitrogens with one attached hydrogen (secondary N) is 1. The normalized spacial score (nSPS) is 11.5. The Morgan fingerprint density at radius 1 is 1.25 bits per heavy atom. The van der Waals surface area contributed by atoms with E-state index < -0.39 is 0 Å². The van der Waals surface area contributed by atoms with Crippen LogP contribution in [0.1, 0.15) is 19.4 Å². The Labute approximate surface area is 97.8 Å². The van der Waals surface area contributed by atoms with Crippen LogP contribution in [0, 0.1) is 0 Å². The zero-order valence-corrected chi connectivity index (χ0v) is 10.5. The Morgan fingerprint density at radius 3 is 2.62 bits per heavy atom. The molecule has 0 aliphatic rings. The fourth-order valence-electron chi connectivity index (χ4n) is 1.61. The van der Waals surface area contributed by atoms with E-state index in [1.54, 1.807) is 14.2 Å². The first-order valence-electron chi connectivity index (χ1n) is 5.44. The maximum atomic E-state index is 5.23. The topological polar surface area (TPSA) is 30.5 Å². The fourth-order valence-corrected chi connectivity index (χ4v) is 1.61. The zero-order chi connectivity index (χ0) is 12.0. The molecule has 1 aromatic carbocycles. The molecule has 3 nitrogen and oxygen atoms in total. The third kappa shape index (κ3) is 3.51. The van der Waals surface area contributed by atoms with Gasteiger partial charge in [-0.1, -0.05) is 26.0 Å². The largest absolute Gasteiger partial charge is 0.497 e. The summed E-state index contributed by atoms with van der Waals surface area (Å²) < 4.78 is 10.2. The summed E-state index contributed by atoms with van der Waals surface area (Å²) in [5.41, 5.74) is 1.32. The van der Waals surface area contributed by atoms with E-state index in [1.807, 2.05) is 12.1 Å². The van der Waals surface area contributed by atoms with Gasteiger partial charge in [-0.05, 0) is 17.7 Å². The van der Waals surface area contributed by atoms with Crippen LogP contribution in [0.4, 0.5) is 0 Å². The Morgan fingerprint density at radius 2 is 2.00 bits per heavy atom. The van der Waals surface area contributed by atoms with Crippen LogP contribution in [0.25, 0.3) is 0 Å². The van der Waals surface area contributed by atoms with Gasteiger partial charge < -0.3 is 9.47 Å². The lowest BCUT2D eigenvalue weighted by atomic mass is 9.84. The van der Waals surface area contributed by atoms with Crippen molar-refractivity contribution in [2.24, 2.45) is 0 Å². The van der Waals surface area contributed by atoms with Crippen molar-refractivity contribution in [1.29, 1.82) is 0 Å². The van der Waals surface area contributed by atoms with Crippen molar-refractivity contribution in [1.82, 2.24) is 5.32 Å². The van der Waals surface area contributed by atoms with E-state index in [4.69, 9.17) is 9.47 Å². The van der Waals surface area contributed by atoms with E-state index in [-0.39, 0.29) is 5.41 Å². The van der Waals surface area contributed by atoms with Crippen molar-refractivity contribution in [3.8, 4) is 5.75 Å². The number of hydrogen-bond acceptors (Lipinski definition) is 3. The predicted octanol–water partition coefficient (Wildman–Crippen LogP) is 2.17. The highest BCUT2D eigenvalue weighted by molar-refractivity contribution is 5.33. The van der Waals surface area contributed by atoms with Gasteiger partial charge in [-0.15, -0.1) is 0 Å². The van der Waals surface area contributed by atoms with Gasteiger partial charge in [0.2, 0.25) is 0 Å². The summed E-state index contributed by atoms with van der Waals surface area (Å²) in [6.45, 7) is 5.84. The van der Waals surface area contributed by atoms with Crippen LogP contribution in [-0.2, 0) is 10.2 Å². The minimum Gasteiger partial charge on any atom is -0.497 e. The van der Waals surface area contributed by atoms with Crippen LogP contribution < -0.4 is 10.1 Å². The van der Waals surface area contributed by atoms with Crippen molar-refractivity contribution in [3.05, 3.63) is 29.8 Å². The van der Waals surface area contributed by atoms with Gasteiger partial charge in [-0.25, -0.2) is 0 Å². The van der Waals surface area contributed by atoms with Gasteiger partial charge in [0, 0.05) is 19.1 Å². The van der Waals surface area contributed by atoms with Crippen molar-refractivity contribution in [2.45, 2.75) is 19.3 Å². The van der Waals surface area contributed by atoms with Crippen LogP contribution >= 0.6 is 0 Å². The van der Waals surface area contributed by atoms with Gasteiger partial charge >= 0.3 is 0 Å². The molecule has 16 heavy (non-hydrogen) atoms. The molecule has 0 fully saturated rings. The van der Waals surface area contributed by atoms with Crippen LogP contribution in [0.15, 0.2) is 24.3 Å². The van der Waals surface area contributed by atoms with Crippen LogP contribution in [0.5, 0.6) is 5.75 Å². The lowest BCUT2D eigenvalue weighted by molar-refractivity contribution is 0.169. The molecule has 0 heterocycles. The van der Waals surface area contributed by atoms with Gasteiger partial charge in [-0.3, -0.25) is 5.32 Å². The smallest absolute Gasteiger partial charge is 0.119 e. The average Bonchev–Trinajstić information content (AvgIpc) is 2.29. The summed E-state index contributed by atoms with van der Waals surface area (Å²) in [5.74, 6) is 0.900. The number of methoxy groups -OCH3 is 2. The first kappa shape index (κ1) is 13.0. The predicted molar refractivity (Wildman–Crippen MR) is 65.9 cm³/mol. The molecule has 1 rings (SSSR count). The Kier molecular flexibility index (Phi) is 4.77. The highest BCUT2D eigenvalue weighted by Crippen LogP contribution is 2.25. The third-order valence-corrected chi connectivity index (χ3v) is 2.66. The summed E-state index contributed by atoms with van der Waals surface area (Å²) in [6, 6.07) is 8.18. The average molecular weight is 223 g/mol. The summed E-state index contributed by atoms with van der Waals surface area (Å²) in [7, 11) is 3.38. The Hall–Kier alpha value is -1.06. The first-order valence-corrected chi connectivity index (χ1v) is 5.44. The van der Waals surface area contributed by atoms with Gasteiger partial charge in [-0.2, -0.15) is 0 Å². The molecule has 0 bridgehead atoms. The van der Waals surface area contributed by atoms with Gasteiger partial charge in [0.1, 0.15) is 5.75 Å². The number of hydrogen-bond donors (Lipinski definition) is 1. The standard InChI is InChI=1S/C13H21NO2/c1-13(2,9-14-10-15-3)11-6-5-7-12(8-11)16-4/h5-8,14H,9-10H2,1-4H3. The maximum absolute atomic E-state index is 5.23. The molecule has 1 N–H and O–H groups in total. The minimum atomic E-state index is 0.0626. The monoisotopic (exact) mass is 223 g/mol. The molecule has 0 saturated carbocycles. The summed E-state index contributed by atoms with van der Waals surface area (Å²) in [5, 5.41) is 3.25. The quantitative estimate of drug-likeness (QED) is 0.592. The molecule has 0 aliphatic carbocycles. The summed E-state index contributed by atoms with van der Waals surface area (Å²) >= 11 is 0. The van der Waals surface area contributed by atoms with E-state index in [0.717, 1.165) is 12.3 Å². The fraction of sp³-hybridized carbons (Fsp3) is 0.538. The summed E-state index contributed by atoms with van der Waals surface area (Å²) in [4.78, 5) is 0. The number of benzene rings is 1. The molecule has 1 aromatic rings. The molecule has 0 spiro atoms. The second kappa shape index (κ2) is 5.87. The lowest BCUT2D eigenvalue weighted by Crippen LogP contribution is -2.33. The number of ether oxygens (including phenoxy) is 2. The van der Waals surface area contributed by atoms with Gasteiger partial charge in [0.05, 0.1) is 13.8 Å². The molecule has 0 unspecified atom stereocenters. The molecule has 3 heteroatoms.